The molecular weight excluding hydrogens is 402 g/mol. The molecule has 0 radical (unpaired) electrons. The Morgan fingerprint density at radius 3 is 2.73 bits per heavy atom. The van der Waals surface area contributed by atoms with Crippen molar-refractivity contribution in [2.45, 2.75) is 19.9 Å². The number of ether oxygens (including phenoxy) is 2. The van der Waals surface area contributed by atoms with Crippen molar-refractivity contribution in [3.63, 3.8) is 0 Å². The third-order valence-electron chi connectivity index (χ3n) is 4.93. The lowest BCUT2D eigenvalue weighted by Crippen LogP contribution is -2.47. The molecule has 1 aliphatic heterocycles. The van der Waals surface area contributed by atoms with Gasteiger partial charge in [-0.1, -0.05) is 24.6 Å². The van der Waals surface area contributed by atoms with Crippen molar-refractivity contribution in [3.8, 4) is 11.5 Å². The summed E-state index contributed by atoms with van der Waals surface area (Å²) in [5.41, 5.74) is 1.98. The largest absolute Gasteiger partial charge is 0.493 e. The van der Waals surface area contributed by atoms with E-state index >= 15 is 0 Å². The van der Waals surface area contributed by atoms with Crippen LogP contribution in [0.3, 0.4) is 0 Å². The smallest absolute Gasteiger partial charge is 0.246 e. The van der Waals surface area contributed by atoms with Crippen molar-refractivity contribution in [1.82, 2.24) is 14.8 Å². The van der Waals surface area contributed by atoms with Gasteiger partial charge in [0.15, 0.2) is 11.5 Å². The molecule has 7 heteroatoms. The summed E-state index contributed by atoms with van der Waals surface area (Å²) in [6.07, 6.45) is 7.90. The predicted octanol–water partition coefficient (Wildman–Crippen LogP) is 3.89. The van der Waals surface area contributed by atoms with Crippen molar-refractivity contribution in [2.75, 3.05) is 39.9 Å². The Kier molecular flexibility index (Phi) is 8.11. The summed E-state index contributed by atoms with van der Waals surface area (Å²) in [6, 6.07) is 7.63. The summed E-state index contributed by atoms with van der Waals surface area (Å²) in [4.78, 5) is 21.0. The number of piperazine rings is 1. The summed E-state index contributed by atoms with van der Waals surface area (Å²) in [6.45, 7) is 6.55. The Morgan fingerprint density at radius 1 is 1.27 bits per heavy atom. The van der Waals surface area contributed by atoms with E-state index in [0.717, 1.165) is 31.6 Å². The number of rotatable bonds is 8. The molecule has 3 rings (SSSR count). The number of nitrogens with zero attached hydrogens (tertiary/aromatic N) is 3. The summed E-state index contributed by atoms with van der Waals surface area (Å²) in [5, 5.41) is 0.471. The Balaban J connectivity index is 1.56. The van der Waals surface area contributed by atoms with Gasteiger partial charge < -0.3 is 14.4 Å². The molecule has 0 saturated carbocycles. The number of hydrogen-bond acceptors (Lipinski definition) is 5. The number of amides is 1. The lowest BCUT2D eigenvalue weighted by molar-refractivity contribution is -0.127. The number of benzene rings is 1. The molecule has 30 heavy (non-hydrogen) atoms. The maximum absolute atomic E-state index is 12.6. The minimum atomic E-state index is -0.00238. The lowest BCUT2D eigenvalue weighted by atomic mass is 10.1. The highest BCUT2D eigenvalue weighted by Gasteiger charge is 2.19. The molecule has 1 aromatic heterocycles. The molecule has 2 heterocycles. The molecule has 0 spiro atoms. The molecule has 160 valence electrons. The van der Waals surface area contributed by atoms with Gasteiger partial charge in [-0.2, -0.15) is 0 Å². The van der Waals surface area contributed by atoms with Gasteiger partial charge in [0.2, 0.25) is 5.91 Å². The van der Waals surface area contributed by atoms with Crippen molar-refractivity contribution in [2.24, 2.45) is 0 Å². The number of pyridine rings is 1. The van der Waals surface area contributed by atoms with Crippen molar-refractivity contribution < 1.29 is 14.3 Å². The minimum Gasteiger partial charge on any atom is -0.493 e. The Bertz CT molecular complexity index is 865. The van der Waals surface area contributed by atoms with Crippen LogP contribution in [-0.2, 0) is 11.3 Å². The van der Waals surface area contributed by atoms with Crippen LogP contribution >= 0.6 is 11.6 Å². The Hall–Kier alpha value is -2.57. The normalized spacial score (nSPS) is 14.8. The van der Waals surface area contributed by atoms with Crippen LogP contribution < -0.4 is 9.47 Å². The molecule has 0 bridgehead atoms. The maximum Gasteiger partial charge on any atom is 0.246 e. The molecule has 1 fully saturated rings. The van der Waals surface area contributed by atoms with Crippen LogP contribution in [0.25, 0.3) is 6.08 Å². The van der Waals surface area contributed by atoms with E-state index in [0.29, 0.717) is 36.2 Å². The van der Waals surface area contributed by atoms with Gasteiger partial charge in [-0.3, -0.25) is 14.7 Å². The summed E-state index contributed by atoms with van der Waals surface area (Å²) < 4.78 is 11.1. The van der Waals surface area contributed by atoms with E-state index in [4.69, 9.17) is 21.1 Å². The standard InChI is InChI=1S/C23H28ClN3O3/c1-3-13-30-23-20(24)14-18(15-21(23)29-2)6-7-22(28)27-11-9-26(10-12-27)17-19-5-4-8-25-16-19/h4-8,14-16H,3,9-13,17H2,1-2H3/b7-6+. The van der Waals surface area contributed by atoms with Gasteiger partial charge in [0.25, 0.3) is 0 Å². The fourth-order valence-electron chi connectivity index (χ4n) is 3.33. The van der Waals surface area contributed by atoms with Gasteiger partial charge in [-0.05, 0) is 41.8 Å². The zero-order valence-corrected chi connectivity index (χ0v) is 18.3. The molecule has 0 atom stereocenters. The molecule has 1 saturated heterocycles. The van der Waals surface area contributed by atoms with E-state index in [1.54, 1.807) is 31.5 Å². The topological polar surface area (TPSA) is 54.9 Å². The van der Waals surface area contributed by atoms with Crippen LogP contribution in [0.2, 0.25) is 5.02 Å². The molecule has 0 unspecified atom stereocenters. The average Bonchev–Trinajstić information content (AvgIpc) is 2.77. The van der Waals surface area contributed by atoms with Gasteiger partial charge in [-0.15, -0.1) is 0 Å². The lowest BCUT2D eigenvalue weighted by Gasteiger charge is -2.34. The SMILES string of the molecule is CCCOc1c(Cl)cc(/C=C/C(=O)N2CCN(Cc3cccnc3)CC2)cc1OC. The minimum absolute atomic E-state index is 0.00238. The second-order valence-electron chi connectivity index (χ2n) is 7.18. The Labute approximate surface area is 183 Å². The molecule has 1 aliphatic rings. The van der Waals surface area contributed by atoms with Gasteiger partial charge in [0, 0.05) is 51.2 Å². The first kappa shape index (κ1) is 22.1. The molecule has 6 nitrogen and oxygen atoms in total. The third-order valence-corrected chi connectivity index (χ3v) is 5.21. The maximum atomic E-state index is 12.6. The summed E-state index contributed by atoms with van der Waals surface area (Å²) in [5.74, 6) is 1.10. The van der Waals surface area contributed by atoms with Crippen LogP contribution in [0.1, 0.15) is 24.5 Å². The van der Waals surface area contributed by atoms with Crippen molar-refractivity contribution in [1.29, 1.82) is 0 Å². The number of halogens is 1. The zero-order chi connectivity index (χ0) is 21.3. The highest BCUT2D eigenvalue weighted by molar-refractivity contribution is 6.32. The third kappa shape index (κ3) is 5.97. The number of carbonyl (C=O) groups excluding carboxylic acids is 1. The first-order chi connectivity index (χ1) is 14.6. The number of aromatic nitrogens is 1. The van der Waals surface area contributed by atoms with Gasteiger partial charge in [0.05, 0.1) is 18.7 Å². The van der Waals surface area contributed by atoms with Crippen LogP contribution in [0, 0.1) is 0 Å². The zero-order valence-electron chi connectivity index (χ0n) is 17.5. The van der Waals surface area contributed by atoms with Crippen LogP contribution in [0.4, 0.5) is 0 Å². The van der Waals surface area contributed by atoms with Crippen LogP contribution in [0.5, 0.6) is 11.5 Å². The van der Waals surface area contributed by atoms with E-state index in [1.807, 2.05) is 30.2 Å². The molecular formula is C23H28ClN3O3. The average molecular weight is 430 g/mol. The van der Waals surface area contributed by atoms with Crippen LogP contribution in [-0.4, -0.2) is 60.6 Å². The predicted molar refractivity (Wildman–Crippen MR) is 119 cm³/mol. The van der Waals surface area contributed by atoms with Crippen molar-refractivity contribution >= 4 is 23.6 Å². The Morgan fingerprint density at radius 2 is 2.07 bits per heavy atom. The fourth-order valence-corrected chi connectivity index (χ4v) is 3.60. The van der Waals surface area contributed by atoms with Gasteiger partial charge in [-0.25, -0.2) is 0 Å². The van der Waals surface area contributed by atoms with E-state index in [9.17, 15) is 4.79 Å². The van der Waals surface area contributed by atoms with E-state index < -0.39 is 0 Å². The van der Waals surface area contributed by atoms with E-state index in [-0.39, 0.29) is 5.91 Å². The molecule has 0 aliphatic carbocycles. The summed E-state index contributed by atoms with van der Waals surface area (Å²) in [7, 11) is 1.58. The highest BCUT2D eigenvalue weighted by atomic mass is 35.5. The molecule has 1 amide bonds. The van der Waals surface area contributed by atoms with Gasteiger partial charge >= 0.3 is 0 Å². The molecule has 1 aromatic carbocycles. The van der Waals surface area contributed by atoms with E-state index in [2.05, 4.69) is 16.0 Å². The van der Waals surface area contributed by atoms with E-state index in [1.165, 1.54) is 5.56 Å². The second kappa shape index (κ2) is 11.0. The molecule has 0 N–H and O–H groups in total. The first-order valence-electron chi connectivity index (χ1n) is 10.2. The monoisotopic (exact) mass is 429 g/mol. The fraction of sp³-hybridized carbons (Fsp3) is 0.391. The summed E-state index contributed by atoms with van der Waals surface area (Å²) >= 11 is 6.35. The van der Waals surface area contributed by atoms with Gasteiger partial charge in [0.1, 0.15) is 0 Å². The number of methoxy groups -OCH3 is 1. The number of hydrogen-bond donors (Lipinski definition) is 0. The highest BCUT2D eigenvalue weighted by Crippen LogP contribution is 2.36. The van der Waals surface area contributed by atoms with Crippen LogP contribution in [0.15, 0.2) is 42.7 Å². The quantitative estimate of drug-likeness (QED) is 0.596. The van der Waals surface area contributed by atoms with Crippen molar-refractivity contribution in [3.05, 3.63) is 58.9 Å². The second-order valence-corrected chi connectivity index (χ2v) is 7.59. The first-order valence-corrected chi connectivity index (χ1v) is 10.6. The number of carbonyl (C=O) groups is 1. The molecule has 2 aromatic rings.